The summed E-state index contributed by atoms with van der Waals surface area (Å²) in [5.74, 6) is 1.98. The third-order valence-corrected chi connectivity index (χ3v) is 5.66. The average molecular weight is 390 g/mol. The summed E-state index contributed by atoms with van der Waals surface area (Å²) in [7, 11) is 0. The van der Waals surface area contributed by atoms with Crippen molar-refractivity contribution >= 4 is 17.5 Å². The Kier molecular flexibility index (Phi) is 4.19. The second-order valence-corrected chi connectivity index (χ2v) is 7.60. The quantitative estimate of drug-likeness (QED) is 0.714. The molecule has 4 heterocycles. The number of rotatable bonds is 3. The Morgan fingerprint density at radius 2 is 1.86 bits per heavy atom. The minimum Gasteiger partial charge on any atom is -0.508 e. The molecular weight excluding hydrogens is 368 g/mol. The Morgan fingerprint density at radius 3 is 2.59 bits per heavy atom. The molecule has 0 unspecified atom stereocenters. The number of aromatic hydroxyl groups is 1. The largest absolute Gasteiger partial charge is 0.508 e. The molecule has 29 heavy (non-hydrogen) atoms. The van der Waals surface area contributed by atoms with E-state index in [9.17, 15) is 9.90 Å². The number of phenolic OH excluding ortho intramolecular Hbond substituents is 1. The van der Waals surface area contributed by atoms with E-state index in [1.54, 1.807) is 22.9 Å². The van der Waals surface area contributed by atoms with Crippen LogP contribution in [0.4, 0.5) is 11.6 Å². The van der Waals surface area contributed by atoms with Crippen LogP contribution in [0, 0.1) is 6.92 Å². The van der Waals surface area contributed by atoms with Gasteiger partial charge in [0.2, 0.25) is 5.91 Å². The van der Waals surface area contributed by atoms with Crippen LogP contribution >= 0.6 is 0 Å². The Morgan fingerprint density at radius 1 is 1.10 bits per heavy atom. The lowest BCUT2D eigenvalue weighted by molar-refractivity contribution is -0.116. The fourth-order valence-corrected chi connectivity index (χ4v) is 4.29. The number of carbonyl (C=O) groups excluding carboxylic acids is 1. The summed E-state index contributed by atoms with van der Waals surface area (Å²) in [5, 5.41) is 26.2. The number of nitrogens with zero attached hydrogens (tertiary/aromatic N) is 5. The van der Waals surface area contributed by atoms with Crippen molar-refractivity contribution in [2.45, 2.75) is 32.1 Å². The van der Waals surface area contributed by atoms with E-state index < -0.39 is 0 Å². The molecule has 0 saturated carbocycles. The molecule has 2 N–H and O–H groups in total. The minimum absolute atomic E-state index is 0.0892. The van der Waals surface area contributed by atoms with E-state index in [0.717, 1.165) is 35.7 Å². The summed E-state index contributed by atoms with van der Waals surface area (Å²) < 4.78 is 1.65. The van der Waals surface area contributed by atoms with Gasteiger partial charge in [0, 0.05) is 31.0 Å². The highest BCUT2D eigenvalue weighted by atomic mass is 16.3. The van der Waals surface area contributed by atoms with Crippen LogP contribution in [-0.4, -0.2) is 44.1 Å². The number of nitrogens with one attached hydrogen (secondary N) is 1. The topological polar surface area (TPSA) is 96.2 Å². The van der Waals surface area contributed by atoms with E-state index in [1.807, 2.05) is 25.1 Å². The predicted octanol–water partition coefficient (Wildman–Crippen LogP) is 2.75. The number of benzene rings is 1. The molecule has 2 aliphatic rings. The first-order valence-corrected chi connectivity index (χ1v) is 9.87. The lowest BCUT2D eigenvalue weighted by atomic mass is 9.86. The molecule has 0 aliphatic carbocycles. The van der Waals surface area contributed by atoms with Crippen molar-refractivity contribution in [2.24, 2.45) is 0 Å². The number of carbonyl (C=O) groups is 1. The van der Waals surface area contributed by atoms with Gasteiger partial charge in [0.25, 0.3) is 0 Å². The van der Waals surface area contributed by atoms with Crippen LogP contribution in [0.3, 0.4) is 0 Å². The highest BCUT2D eigenvalue weighted by molar-refractivity contribution is 5.95. The van der Waals surface area contributed by atoms with Crippen LogP contribution in [0.5, 0.6) is 5.75 Å². The molecule has 1 saturated heterocycles. The Labute approximate surface area is 168 Å². The van der Waals surface area contributed by atoms with Crippen molar-refractivity contribution in [1.82, 2.24) is 20.0 Å². The number of amides is 1. The van der Waals surface area contributed by atoms with Gasteiger partial charge in [0.1, 0.15) is 11.6 Å². The summed E-state index contributed by atoms with van der Waals surface area (Å²) in [4.78, 5) is 14.7. The average Bonchev–Trinajstić information content (AvgIpc) is 3.36. The molecule has 1 fully saturated rings. The molecule has 1 atom stereocenters. The second-order valence-electron chi connectivity index (χ2n) is 7.60. The maximum absolute atomic E-state index is 12.5. The molecule has 2 aromatic heterocycles. The summed E-state index contributed by atoms with van der Waals surface area (Å²) in [6.45, 7) is 3.94. The lowest BCUT2D eigenvalue weighted by Gasteiger charge is -2.24. The Hall–Kier alpha value is -3.42. The number of aryl methyl sites for hydroxylation is 1. The maximum Gasteiger partial charge on any atom is 0.226 e. The number of hydrogen-bond acceptors (Lipinski definition) is 6. The molecular formula is C21H22N6O2. The first-order chi connectivity index (χ1) is 14.1. The van der Waals surface area contributed by atoms with Crippen molar-refractivity contribution in [1.29, 1.82) is 0 Å². The zero-order valence-corrected chi connectivity index (χ0v) is 16.2. The van der Waals surface area contributed by atoms with E-state index in [-0.39, 0.29) is 17.6 Å². The number of anilines is 2. The molecule has 5 rings (SSSR count). The number of phenols is 1. The van der Waals surface area contributed by atoms with Crippen molar-refractivity contribution < 1.29 is 9.90 Å². The van der Waals surface area contributed by atoms with Gasteiger partial charge in [-0.2, -0.15) is 9.78 Å². The van der Waals surface area contributed by atoms with Crippen LogP contribution in [0.15, 0.2) is 36.4 Å². The monoisotopic (exact) mass is 390 g/mol. The summed E-state index contributed by atoms with van der Waals surface area (Å²) >= 11 is 0. The molecule has 8 heteroatoms. The third-order valence-electron chi connectivity index (χ3n) is 5.66. The summed E-state index contributed by atoms with van der Waals surface area (Å²) in [6.07, 6.45) is 2.66. The smallest absolute Gasteiger partial charge is 0.226 e. The van der Waals surface area contributed by atoms with Crippen LogP contribution in [0.25, 0.3) is 5.82 Å². The van der Waals surface area contributed by atoms with Crippen molar-refractivity contribution in [3.63, 3.8) is 0 Å². The third kappa shape index (κ3) is 3.10. The first-order valence-electron chi connectivity index (χ1n) is 9.87. The maximum atomic E-state index is 12.5. The molecule has 3 aromatic rings. The van der Waals surface area contributed by atoms with Crippen LogP contribution in [0.1, 0.15) is 42.0 Å². The van der Waals surface area contributed by atoms with Gasteiger partial charge >= 0.3 is 0 Å². The lowest BCUT2D eigenvalue weighted by Crippen LogP contribution is -2.25. The van der Waals surface area contributed by atoms with Gasteiger partial charge in [-0.25, -0.2) is 0 Å². The van der Waals surface area contributed by atoms with Gasteiger partial charge in [0.15, 0.2) is 11.6 Å². The SMILES string of the molecule is Cc1nn(-c2ccc(N3CCCC3)nn2)c2c1[C@H](c1cccc(O)c1)CC(=O)N2. The number of fused-ring (bicyclic) bond motifs is 1. The van der Waals surface area contributed by atoms with Crippen molar-refractivity contribution in [3.8, 4) is 11.6 Å². The minimum atomic E-state index is -0.170. The van der Waals surface area contributed by atoms with Crippen molar-refractivity contribution in [3.05, 3.63) is 53.2 Å². The molecule has 2 aliphatic heterocycles. The van der Waals surface area contributed by atoms with Crippen LogP contribution < -0.4 is 10.2 Å². The molecule has 0 bridgehead atoms. The normalized spacial score (nSPS) is 18.6. The van der Waals surface area contributed by atoms with Gasteiger partial charge in [-0.3, -0.25) is 4.79 Å². The van der Waals surface area contributed by atoms with E-state index in [1.165, 1.54) is 12.8 Å². The molecule has 0 radical (unpaired) electrons. The standard InChI is InChI=1S/C21H22N6O2/c1-13-20-16(14-5-4-6-15(28)11-14)12-19(29)22-21(20)27(25-13)18-8-7-17(23-24-18)26-9-2-3-10-26/h4-8,11,16,28H,2-3,9-10,12H2,1H3,(H,22,29)/t16-/m0/s1. The highest BCUT2D eigenvalue weighted by Crippen LogP contribution is 2.40. The van der Waals surface area contributed by atoms with Gasteiger partial charge in [0.05, 0.1) is 5.69 Å². The first kappa shape index (κ1) is 17.7. The fraction of sp³-hybridized carbons (Fsp3) is 0.333. The number of hydrogen-bond donors (Lipinski definition) is 2. The van der Waals surface area contributed by atoms with Crippen molar-refractivity contribution in [2.75, 3.05) is 23.3 Å². The zero-order valence-electron chi connectivity index (χ0n) is 16.2. The molecule has 148 valence electrons. The second kappa shape index (κ2) is 6.88. The van der Waals surface area contributed by atoms with E-state index in [4.69, 9.17) is 0 Å². The molecule has 1 amide bonds. The Bertz CT molecular complexity index is 1070. The molecule has 0 spiro atoms. The van der Waals surface area contributed by atoms with E-state index in [0.29, 0.717) is 18.1 Å². The van der Waals surface area contributed by atoms with E-state index >= 15 is 0 Å². The highest BCUT2D eigenvalue weighted by Gasteiger charge is 2.33. The Balaban J connectivity index is 1.55. The summed E-state index contributed by atoms with van der Waals surface area (Å²) in [5.41, 5.74) is 2.65. The van der Waals surface area contributed by atoms with Crippen LogP contribution in [0.2, 0.25) is 0 Å². The zero-order chi connectivity index (χ0) is 20.0. The van der Waals surface area contributed by atoms with Gasteiger partial charge in [-0.15, -0.1) is 10.2 Å². The molecule has 1 aromatic carbocycles. The van der Waals surface area contributed by atoms with Crippen LogP contribution in [-0.2, 0) is 4.79 Å². The fourth-order valence-electron chi connectivity index (χ4n) is 4.29. The van der Waals surface area contributed by atoms with Gasteiger partial charge in [-0.1, -0.05) is 12.1 Å². The van der Waals surface area contributed by atoms with Gasteiger partial charge < -0.3 is 15.3 Å². The summed E-state index contributed by atoms with van der Waals surface area (Å²) in [6, 6.07) is 10.9. The predicted molar refractivity (Wildman–Crippen MR) is 109 cm³/mol. The van der Waals surface area contributed by atoms with E-state index in [2.05, 4.69) is 25.5 Å². The number of aromatic nitrogens is 4. The van der Waals surface area contributed by atoms with Gasteiger partial charge in [-0.05, 0) is 49.6 Å². The molecule has 8 nitrogen and oxygen atoms in total.